The van der Waals surface area contributed by atoms with Crippen LogP contribution in [0.15, 0.2) is 29.2 Å². The van der Waals surface area contributed by atoms with Crippen molar-refractivity contribution in [3.8, 4) is 0 Å². The van der Waals surface area contributed by atoms with Crippen LogP contribution in [0.1, 0.15) is 25.8 Å². The maximum absolute atomic E-state index is 12.2. The molecule has 1 aliphatic rings. The fourth-order valence-electron chi connectivity index (χ4n) is 2.68. The lowest BCUT2D eigenvalue weighted by Gasteiger charge is -2.32. The summed E-state index contributed by atoms with van der Waals surface area (Å²) in [6, 6.07) is 6.62. The highest BCUT2D eigenvalue weighted by Crippen LogP contribution is 2.13. The molecule has 134 valence electrons. The number of carbonyl (C=O) groups is 1. The summed E-state index contributed by atoms with van der Waals surface area (Å²) in [5.74, 6) is 0.168. The molecule has 1 aliphatic heterocycles. The number of hydrogen-bond acceptors (Lipinski definition) is 4. The molecular formula is C17H27N3O3S. The van der Waals surface area contributed by atoms with Gasteiger partial charge in [-0.1, -0.05) is 12.1 Å². The van der Waals surface area contributed by atoms with E-state index in [1.807, 2.05) is 4.90 Å². The molecule has 1 amide bonds. The molecular weight excluding hydrogens is 326 g/mol. The second kappa shape index (κ2) is 8.09. The summed E-state index contributed by atoms with van der Waals surface area (Å²) in [7, 11) is -1.40. The fraction of sp³-hybridized carbons (Fsp3) is 0.588. The largest absolute Gasteiger partial charge is 0.340 e. The van der Waals surface area contributed by atoms with Crippen LogP contribution in [-0.4, -0.2) is 63.4 Å². The first kappa shape index (κ1) is 18.9. The summed E-state index contributed by atoms with van der Waals surface area (Å²) >= 11 is 0. The second-order valence-corrected chi connectivity index (χ2v) is 8.32. The maximum atomic E-state index is 12.2. The number of nitrogens with zero attached hydrogens (tertiary/aromatic N) is 2. The van der Waals surface area contributed by atoms with Crippen molar-refractivity contribution in [2.45, 2.75) is 37.6 Å². The van der Waals surface area contributed by atoms with E-state index in [4.69, 9.17) is 0 Å². The molecule has 24 heavy (non-hydrogen) atoms. The molecule has 1 N–H and O–H groups in total. The normalized spacial score (nSPS) is 16.6. The quantitative estimate of drug-likeness (QED) is 0.831. The average Bonchev–Trinajstić information content (AvgIpc) is 2.52. The van der Waals surface area contributed by atoms with Gasteiger partial charge in [0.05, 0.1) is 4.90 Å². The number of piperazine rings is 1. The molecule has 0 atom stereocenters. The van der Waals surface area contributed by atoms with Gasteiger partial charge in [-0.3, -0.25) is 4.79 Å². The van der Waals surface area contributed by atoms with E-state index >= 15 is 0 Å². The van der Waals surface area contributed by atoms with Crippen LogP contribution in [0.3, 0.4) is 0 Å². The van der Waals surface area contributed by atoms with Crippen molar-refractivity contribution in [1.82, 2.24) is 14.5 Å². The van der Waals surface area contributed by atoms with Crippen molar-refractivity contribution in [2.24, 2.45) is 0 Å². The first-order valence-electron chi connectivity index (χ1n) is 8.35. The minimum Gasteiger partial charge on any atom is -0.340 e. The number of amides is 1. The summed E-state index contributed by atoms with van der Waals surface area (Å²) in [5, 5.41) is 0. The molecule has 0 spiro atoms. The Bertz CT molecular complexity index is 648. The van der Waals surface area contributed by atoms with E-state index in [0.29, 0.717) is 12.8 Å². The topological polar surface area (TPSA) is 69.7 Å². The Morgan fingerprint density at radius 1 is 1.12 bits per heavy atom. The van der Waals surface area contributed by atoms with Crippen molar-refractivity contribution in [3.63, 3.8) is 0 Å². The zero-order valence-electron chi connectivity index (χ0n) is 14.7. The van der Waals surface area contributed by atoms with Gasteiger partial charge >= 0.3 is 0 Å². The summed E-state index contributed by atoms with van der Waals surface area (Å²) in [5.41, 5.74) is 0.973. The third kappa shape index (κ3) is 5.29. The Labute approximate surface area is 144 Å². The molecule has 0 aromatic heterocycles. The van der Waals surface area contributed by atoms with Crippen LogP contribution in [0, 0.1) is 0 Å². The van der Waals surface area contributed by atoms with Crippen LogP contribution >= 0.6 is 0 Å². The second-order valence-electron chi connectivity index (χ2n) is 6.60. The summed E-state index contributed by atoms with van der Waals surface area (Å²) in [6.07, 6.45) is 1.09. The number of nitrogens with one attached hydrogen (secondary N) is 1. The third-order valence-electron chi connectivity index (χ3n) is 4.11. The Morgan fingerprint density at radius 3 is 2.25 bits per heavy atom. The first-order chi connectivity index (χ1) is 11.3. The van der Waals surface area contributed by atoms with Crippen LogP contribution in [-0.2, 0) is 21.2 Å². The van der Waals surface area contributed by atoms with Gasteiger partial charge in [0.2, 0.25) is 15.9 Å². The van der Waals surface area contributed by atoms with Crippen LogP contribution in [0.5, 0.6) is 0 Å². The summed E-state index contributed by atoms with van der Waals surface area (Å²) < 4.78 is 26.7. The maximum Gasteiger partial charge on any atom is 0.240 e. The van der Waals surface area contributed by atoms with Crippen LogP contribution in [0.25, 0.3) is 0 Å². The lowest BCUT2D eigenvalue weighted by atomic mass is 10.1. The van der Waals surface area contributed by atoms with E-state index in [9.17, 15) is 13.2 Å². The van der Waals surface area contributed by atoms with E-state index in [-0.39, 0.29) is 16.8 Å². The molecule has 1 fully saturated rings. The van der Waals surface area contributed by atoms with Gasteiger partial charge in [-0.25, -0.2) is 13.1 Å². The van der Waals surface area contributed by atoms with Crippen molar-refractivity contribution >= 4 is 15.9 Å². The number of likely N-dealkylation sites (N-methyl/N-ethyl adjacent to an activating group) is 1. The van der Waals surface area contributed by atoms with Crippen LogP contribution in [0.4, 0.5) is 0 Å². The molecule has 0 unspecified atom stereocenters. The molecule has 0 radical (unpaired) electrons. The van der Waals surface area contributed by atoms with Gasteiger partial charge in [-0.05, 0) is 45.0 Å². The molecule has 2 rings (SSSR count). The highest BCUT2D eigenvalue weighted by molar-refractivity contribution is 7.89. The van der Waals surface area contributed by atoms with Gasteiger partial charge < -0.3 is 9.80 Å². The predicted octanol–water partition coefficient (Wildman–Crippen LogP) is 1.08. The van der Waals surface area contributed by atoms with Gasteiger partial charge in [-0.15, -0.1) is 0 Å². The summed E-state index contributed by atoms with van der Waals surface area (Å²) in [4.78, 5) is 16.6. The van der Waals surface area contributed by atoms with Gasteiger partial charge in [-0.2, -0.15) is 0 Å². The van der Waals surface area contributed by atoms with E-state index in [1.165, 1.54) is 0 Å². The average molecular weight is 353 g/mol. The molecule has 0 bridgehead atoms. The van der Waals surface area contributed by atoms with Gasteiger partial charge in [0.25, 0.3) is 0 Å². The van der Waals surface area contributed by atoms with E-state index in [0.717, 1.165) is 31.7 Å². The molecule has 7 heteroatoms. The molecule has 1 aromatic carbocycles. The van der Waals surface area contributed by atoms with Crippen molar-refractivity contribution in [1.29, 1.82) is 0 Å². The number of rotatable bonds is 6. The molecule has 0 saturated carbocycles. The lowest BCUT2D eigenvalue weighted by molar-refractivity contribution is -0.132. The molecule has 1 aromatic rings. The lowest BCUT2D eigenvalue weighted by Crippen LogP contribution is -2.47. The standard InChI is InChI=1S/C17H27N3O3S/c1-14(2)18-24(22,23)16-7-4-15(5-8-16)6-9-17(21)20-12-10-19(3)11-13-20/h4-5,7-8,14,18H,6,9-13H2,1-3H3. The molecule has 0 aliphatic carbocycles. The zero-order chi connectivity index (χ0) is 17.7. The Morgan fingerprint density at radius 2 is 1.71 bits per heavy atom. The number of sulfonamides is 1. The van der Waals surface area contributed by atoms with E-state index in [1.54, 1.807) is 38.1 Å². The minimum atomic E-state index is -3.46. The first-order valence-corrected chi connectivity index (χ1v) is 9.84. The smallest absolute Gasteiger partial charge is 0.240 e. The SMILES string of the molecule is CC(C)NS(=O)(=O)c1ccc(CCC(=O)N2CCN(C)CC2)cc1. The van der Waals surface area contributed by atoms with Crippen LogP contribution in [0.2, 0.25) is 0 Å². The Hall–Kier alpha value is -1.44. The van der Waals surface area contributed by atoms with Gasteiger partial charge in [0.15, 0.2) is 0 Å². The van der Waals surface area contributed by atoms with Gasteiger partial charge in [0, 0.05) is 38.6 Å². The zero-order valence-corrected chi connectivity index (χ0v) is 15.5. The third-order valence-corrected chi connectivity index (χ3v) is 5.78. The van der Waals surface area contributed by atoms with Crippen LogP contribution < -0.4 is 4.72 Å². The number of hydrogen-bond donors (Lipinski definition) is 1. The van der Waals surface area contributed by atoms with Gasteiger partial charge in [0.1, 0.15) is 0 Å². The number of benzene rings is 1. The Balaban J connectivity index is 1.89. The number of aryl methyl sites for hydroxylation is 1. The Kier molecular flexibility index (Phi) is 6.37. The predicted molar refractivity (Wildman–Crippen MR) is 94.3 cm³/mol. The summed E-state index contributed by atoms with van der Waals surface area (Å²) in [6.45, 7) is 6.98. The van der Waals surface area contributed by atoms with E-state index in [2.05, 4.69) is 16.7 Å². The minimum absolute atomic E-state index is 0.143. The van der Waals surface area contributed by atoms with Crippen molar-refractivity contribution in [2.75, 3.05) is 33.2 Å². The number of carbonyl (C=O) groups excluding carboxylic acids is 1. The van der Waals surface area contributed by atoms with Crippen molar-refractivity contribution < 1.29 is 13.2 Å². The molecule has 6 nitrogen and oxygen atoms in total. The highest BCUT2D eigenvalue weighted by atomic mass is 32.2. The van der Waals surface area contributed by atoms with E-state index < -0.39 is 10.0 Å². The fourth-order valence-corrected chi connectivity index (χ4v) is 3.93. The monoisotopic (exact) mass is 353 g/mol. The molecule has 1 heterocycles. The van der Waals surface area contributed by atoms with Crippen molar-refractivity contribution in [3.05, 3.63) is 29.8 Å². The molecule has 1 saturated heterocycles. The highest BCUT2D eigenvalue weighted by Gasteiger charge is 2.19.